The van der Waals surface area contributed by atoms with Crippen LogP contribution in [0, 0.1) is 5.82 Å². The number of carbonyl (C=O) groups excluding carboxylic acids is 3. The molecular weight excluding hydrogens is 511 g/mol. The summed E-state index contributed by atoms with van der Waals surface area (Å²) < 4.78 is 19.3. The molecule has 4 rings (SSSR count). The Labute approximate surface area is 234 Å². The second-order valence-electron chi connectivity index (χ2n) is 10.2. The normalized spacial score (nSPS) is 17.7. The minimum Gasteiger partial charge on any atom is -0.496 e. The molecule has 0 bridgehead atoms. The number of unbranched alkanes of at least 4 members (excludes halogenated alkanes) is 1. The van der Waals surface area contributed by atoms with Crippen LogP contribution in [0.5, 0.6) is 5.75 Å². The first kappa shape index (κ1) is 29.1. The summed E-state index contributed by atoms with van der Waals surface area (Å²) in [5, 5.41) is 2.89. The summed E-state index contributed by atoms with van der Waals surface area (Å²) in [6.45, 7) is 5.69. The highest BCUT2D eigenvalue weighted by molar-refractivity contribution is 5.96. The van der Waals surface area contributed by atoms with Gasteiger partial charge in [0.2, 0.25) is 11.8 Å². The fraction of sp³-hybridized carbons (Fsp3) is 0.419. The molecule has 1 aromatic carbocycles. The number of amides is 2. The Morgan fingerprint density at radius 1 is 1.23 bits per heavy atom. The highest BCUT2D eigenvalue weighted by Gasteiger charge is 2.36. The van der Waals surface area contributed by atoms with Crippen molar-refractivity contribution in [1.82, 2.24) is 14.8 Å². The Kier molecular flexibility index (Phi) is 9.82. The number of fused-ring (bicyclic) bond motifs is 2. The van der Waals surface area contributed by atoms with Crippen molar-refractivity contribution >= 4 is 35.1 Å². The fourth-order valence-electron chi connectivity index (χ4n) is 5.19. The second kappa shape index (κ2) is 13.5. The number of benzene rings is 1. The quantitative estimate of drug-likeness (QED) is 0.337. The Morgan fingerprint density at radius 2 is 2.05 bits per heavy atom. The van der Waals surface area contributed by atoms with Gasteiger partial charge in [-0.2, -0.15) is 0 Å². The van der Waals surface area contributed by atoms with Crippen LogP contribution in [0.25, 0.3) is 11.6 Å². The van der Waals surface area contributed by atoms with E-state index in [1.165, 1.54) is 19.1 Å². The van der Waals surface area contributed by atoms with Crippen LogP contribution in [0.4, 0.5) is 10.2 Å². The molecule has 1 saturated heterocycles. The largest absolute Gasteiger partial charge is 0.496 e. The Hall–Kier alpha value is -3.85. The molecule has 1 atom stereocenters. The van der Waals surface area contributed by atoms with Crippen LogP contribution in [0.2, 0.25) is 0 Å². The molecule has 1 unspecified atom stereocenters. The van der Waals surface area contributed by atoms with E-state index in [2.05, 4.69) is 28.2 Å². The first-order chi connectivity index (χ1) is 19.3. The van der Waals surface area contributed by atoms with Gasteiger partial charge in [-0.25, -0.2) is 9.37 Å². The van der Waals surface area contributed by atoms with Gasteiger partial charge in [-0.1, -0.05) is 19.4 Å². The van der Waals surface area contributed by atoms with E-state index in [9.17, 15) is 18.8 Å². The lowest BCUT2D eigenvalue weighted by Gasteiger charge is -2.38. The van der Waals surface area contributed by atoms with Crippen molar-refractivity contribution < 1.29 is 23.5 Å². The molecule has 0 radical (unpaired) electrons. The van der Waals surface area contributed by atoms with Crippen LogP contribution in [0.1, 0.15) is 62.6 Å². The van der Waals surface area contributed by atoms with Gasteiger partial charge in [-0.3, -0.25) is 19.3 Å². The van der Waals surface area contributed by atoms with E-state index in [0.717, 1.165) is 35.1 Å². The minimum absolute atomic E-state index is 0.0115. The number of halogens is 1. The maximum Gasteiger partial charge on any atom is 0.244 e. The van der Waals surface area contributed by atoms with Crippen molar-refractivity contribution in [2.75, 3.05) is 32.1 Å². The lowest BCUT2D eigenvalue weighted by atomic mass is 9.98. The van der Waals surface area contributed by atoms with Crippen molar-refractivity contribution in [1.29, 1.82) is 0 Å². The molecule has 212 valence electrons. The zero-order chi connectivity index (χ0) is 28.6. The lowest BCUT2D eigenvalue weighted by Crippen LogP contribution is -2.57. The van der Waals surface area contributed by atoms with Crippen molar-refractivity contribution in [3.8, 4) is 5.75 Å². The Morgan fingerprint density at radius 3 is 2.80 bits per heavy atom. The smallest absolute Gasteiger partial charge is 0.244 e. The summed E-state index contributed by atoms with van der Waals surface area (Å²) >= 11 is 0. The number of methoxy groups -OCH3 is 1. The van der Waals surface area contributed by atoms with Crippen molar-refractivity contribution in [2.45, 2.75) is 58.5 Å². The highest BCUT2D eigenvalue weighted by Crippen LogP contribution is 2.31. The molecule has 3 heterocycles. The van der Waals surface area contributed by atoms with Crippen LogP contribution >= 0.6 is 0 Å². The molecule has 2 amide bonds. The van der Waals surface area contributed by atoms with Gasteiger partial charge in [0.05, 0.1) is 7.11 Å². The molecule has 1 fully saturated rings. The number of nitrogens with one attached hydrogen (secondary N) is 1. The number of hydrogen-bond donors (Lipinski definition) is 1. The van der Waals surface area contributed by atoms with E-state index >= 15 is 0 Å². The summed E-state index contributed by atoms with van der Waals surface area (Å²) in [5.74, 6) is 0.668. The summed E-state index contributed by atoms with van der Waals surface area (Å²) in [6.07, 6.45) is 10.5. The number of aromatic nitrogens is 1. The van der Waals surface area contributed by atoms with Gasteiger partial charge in [0.25, 0.3) is 0 Å². The number of nitrogens with zero attached hydrogens (tertiary/aromatic N) is 3. The third kappa shape index (κ3) is 7.21. The van der Waals surface area contributed by atoms with Gasteiger partial charge in [0, 0.05) is 56.8 Å². The van der Waals surface area contributed by atoms with E-state index in [1.54, 1.807) is 36.4 Å². The average molecular weight is 549 g/mol. The topological polar surface area (TPSA) is 91.8 Å². The maximum absolute atomic E-state index is 13.9. The first-order valence-corrected chi connectivity index (χ1v) is 13.8. The number of allylic oxidation sites excluding steroid dienone is 3. The predicted molar refractivity (Wildman–Crippen MR) is 153 cm³/mol. The van der Waals surface area contributed by atoms with Crippen LogP contribution in [-0.2, 0) is 20.9 Å². The third-order valence-electron chi connectivity index (χ3n) is 7.35. The van der Waals surface area contributed by atoms with E-state index in [0.29, 0.717) is 57.0 Å². The van der Waals surface area contributed by atoms with Gasteiger partial charge < -0.3 is 15.0 Å². The van der Waals surface area contributed by atoms with Crippen LogP contribution in [0.3, 0.4) is 0 Å². The van der Waals surface area contributed by atoms with Gasteiger partial charge in [-0.15, -0.1) is 0 Å². The number of carbonyl (C=O) groups is 3. The molecule has 0 spiro atoms. The van der Waals surface area contributed by atoms with Crippen molar-refractivity contribution in [2.24, 2.45) is 0 Å². The number of hydrogen-bond acceptors (Lipinski definition) is 6. The van der Waals surface area contributed by atoms with E-state index < -0.39 is 6.04 Å². The molecule has 2 aliphatic rings. The third-order valence-corrected chi connectivity index (χ3v) is 7.35. The molecule has 40 heavy (non-hydrogen) atoms. The highest BCUT2D eigenvalue weighted by atomic mass is 19.1. The van der Waals surface area contributed by atoms with Crippen molar-refractivity contribution in [3.05, 3.63) is 65.1 Å². The second-order valence-corrected chi connectivity index (χ2v) is 10.2. The molecule has 2 aromatic rings. The first-order valence-electron chi connectivity index (χ1n) is 13.8. The molecule has 1 N–H and O–H groups in total. The van der Waals surface area contributed by atoms with Gasteiger partial charge >= 0.3 is 0 Å². The number of ether oxygens (including phenoxy) is 1. The van der Waals surface area contributed by atoms with Gasteiger partial charge in [0.15, 0.2) is 5.78 Å². The lowest BCUT2D eigenvalue weighted by molar-refractivity contribution is -0.134. The van der Waals surface area contributed by atoms with Crippen LogP contribution < -0.4 is 10.1 Å². The monoisotopic (exact) mass is 548 g/mol. The SMILES string of the molecule is CCC/C(=C\CCCC(=O)/C=C/c1cnc2c(c1)CN1CCN(C(C)=O)CC1C(=O)N2)c1cc(F)ccc1OC. The van der Waals surface area contributed by atoms with Crippen LogP contribution in [-0.4, -0.2) is 65.2 Å². The molecular formula is C31H37FN4O4. The number of ketones is 1. The number of anilines is 1. The maximum atomic E-state index is 13.9. The number of rotatable bonds is 10. The van der Waals surface area contributed by atoms with Crippen LogP contribution in [0.15, 0.2) is 42.6 Å². The zero-order valence-corrected chi connectivity index (χ0v) is 23.4. The summed E-state index contributed by atoms with van der Waals surface area (Å²) in [6, 6.07) is 6.06. The van der Waals surface area contributed by atoms with Crippen molar-refractivity contribution in [3.63, 3.8) is 0 Å². The zero-order valence-electron chi connectivity index (χ0n) is 23.4. The molecule has 9 heteroatoms. The summed E-state index contributed by atoms with van der Waals surface area (Å²) in [5.41, 5.74) is 3.44. The molecule has 8 nitrogen and oxygen atoms in total. The Bertz CT molecular complexity index is 1320. The fourth-order valence-corrected chi connectivity index (χ4v) is 5.19. The predicted octanol–water partition coefficient (Wildman–Crippen LogP) is 4.85. The average Bonchev–Trinajstić information content (AvgIpc) is 3.08. The number of pyridine rings is 1. The van der Waals surface area contributed by atoms with E-state index in [4.69, 9.17) is 4.74 Å². The molecule has 2 aliphatic heterocycles. The minimum atomic E-state index is -0.415. The summed E-state index contributed by atoms with van der Waals surface area (Å²) in [4.78, 5) is 45.4. The summed E-state index contributed by atoms with van der Waals surface area (Å²) in [7, 11) is 1.58. The number of piperazine rings is 1. The Balaban J connectivity index is 1.35. The van der Waals surface area contributed by atoms with Gasteiger partial charge in [0.1, 0.15) is 23.4 Å². The standard InChI is InChI=1S/C31H37FN4O4/c1-4-7-23(27-17-25(32)11-13-29(27)40-3)8-5-6-9-26(38)12-10-22-16-24-19-36-15-14-35(21(2)37)20-28(36)31(39)34-30(24)33-18-22/h8,10-13,16-18,28H,4-7,9,14-15,19-20H2,1-3H3,(H,33,34,39)/b12-10+,23-8+. The van der Waals surface area contributed by atoms with E-state index in [1.807, 2.05) is 6.07 Å². The molecule has 0 aliphatic carbocycles. The van der Waals surface area contributed by atoms with E-state index in [-0.39, 0.29) is 23.4 Å². The molecule has 0 saturated carbocycles. The van der Waals surface area contributed by atoms with Gasteiger partial charge in [-0.05, 0) is 66.8 Å². The molecule has 1 aromatic heterocycles.